The minimum Gasteiger partial charge on any atom is -0.508 e. The fourth-order valence-corrected chi connectivity index (χ4v) is 2.46. The van der Waals surface area contributed by atoms with E-state index in [4.69, 9.17) is 5.73 Å². The van der Waals surface area contributed by atoms with Crippen LogP contribution in [-0.4, -0.2) is 11.7 Å². The standard InChI is InChI=1S/C13H20N2O/c1-13(2,3)12-10-6-8(14)7-11(16)9(10)4-5-15-12/h6-7,12,15-16H,4-5,14H2,1-3H3. The van der Waals surface area contributed by atoms with E-state index in [2.05, 4.69) is 26.1 Å². The van der Waals surface area contributed by atoms with Gasteiger partial charge in [0.05, 0.1) is 0 Å². The van der Waals surface area contributed by atoms with Gasteiger partial charge in [0.25, 0.3) is 0 Å². The molecule has 1 aliphatic heterocycles. The summed E-state index contributed by atoms with van der Waals surface area (Å²) in [5, 5.41) is 13.4. The predicted molar refractivity (Wildman–Crippen MR) is 66.4 cm³/mol. The second-order valence-electron chi connectivity index (χ2n) is 5.61. The molecular weight excluding hydrogens is 200 g/mol. The summed E-state index contributed by atoms with van der Waals surface area (Å²) in [5.41, 5.74) is 8.75. The minimum atomic E-state index is 0.120. The first-order valence-electron chi connectivity index (χ1n) is 5.74. The van der Waals surface area contributed by atoms with Crippen LogP contribution in [-0.2, 0) is 6.42 Å². The van der Waals surface area contributed by atoms with E-state index in [1.807, 2.05) is 6.07 Å². The van der Waals surface area contributed by atoms with Crippen molar-refractivity contribution in [1.29, 1.82) is 0 Å². The summed E-state index contributed by atoms with van der Waals surface area (Å²) in [6.07, 6.45) is 0.869. The Morgan fingerprint density at radius 2 is 2.06 bits per heavy atom. The van der Waals surface area contributed by atoms with E-state index in [9.17, 15) is 5.11 Å². The molecule has 4 N–H and O–H groups in total. The maximum atomic E-state index is 9.91. The topological polar surface area (TPSA) is 58.3 Å². The fraction of sp³-hybridized carbons (Fsp3) is 0.538. The summed E-state index contributed by atoms with van der Waals surface area (Å²) in [6.45, 7) is 7.49. The lowest BCUT2D eigenvalue weighted by molar-refractivity contribution is 0.262. The zero-order valence-corrected chi connectivity index (χ0v) is 10.2. The molecule has 1 aromatic carbocycles. The number of anilines is 1. The van der Waals surface area contributed by atoms with E-state index in [1.165, 1.54) is 0 Å². The highest BCUT2D eigenvalue weighted by Crippen LogP contribution is 2.40. The highest BCUT2D eigenvalue weighted by atomic mass is 16.3. The molecule has 0 aliphatic carbocycles. The third-order valence-electron chi connectivity index (χ3n) is 3.18. The van der Waals surface area contributed by atoms with Gasteiger partial charge in [0.2, 0.25) is 0 Å². The molecule has 0 saturated heterocycles. The average molecular weight is 220 g/mol. The van der Waals surface area contributed by atoms with E-state index >= 15 is 0 Å². The van der Waals surface area contributed by atoms with Crippen LogP contribution < -0.4 is 11.1 Å². The Bertz CT molecular complexity index is 407. The van der Waals surface area contributed by atoms with Gasteiger partial charge in [-0.05, 0) is 30.0 Å². The molecule has 16 heavy (non-hydrogen) atoms. The normalized spacial score (nSPS) is 20.6. The maximum Gasteiger partial charge on any atom is 0.121 e. The Labute approximate surface area is 96.7 Å². The van der Waals surface area contributed by atoms with Gasteiger partial charge in [0.1, 0.15) is 5.75 Å². The maximum absolute atomic E-state index is 9.91. The molecule has 0 aromatic heterocycles. The minimum absolute atomic E-state index is 0.120. The van der Waals surface area contributed by atoms with Gasteiger partial charge in [0.15, 0.2) is 0 Å². The highest BCUT2D eigenvalue weighted by Gasteiger charge is 2.31. The first-order chi connectivity index (χ1) is 7.39. The molecule has 0 fully saturated rings. The van der Waals surface area contributed by atoms with Crippen LogP contribution in [0, 0.1) is 5.41 Å². The highest BCUT2D eigenvalue weighted by molar-refractivity contribution is 5.54. The van der Waals surface area contributed by atoms with Gasteiger partial charge in [-0.2, -0.15) is 0 Å². The van der Waals surface area contributed by atoms with Crippen molar-refractivity contribution in [3.8, 4) is 5.75 Å². The van der Waals surface area contributed by atoms with E-state index in [0.717, 1.165) is 24.1 Å². The Balaban J connectivity index is 2.54. The number of rotatable bonds is 0. The number of nitrogens with two attached hydrogens (primary N) is 1. The molecule has 1 atom stereocenters. The number of aromatic hydroxyl groups is 1. The van der Waals surface area contributed by atoms with Crippen LogP contribution in [0.25, 0.3) is 0 Å². The molecule has 1 aliphatic rings. The van der Waals surface area contributed by atoms with Crippen molar-refractivity contribution >= 4 is 5.69 Å². The smallest absolute Gasteiger partial charge is 0.121 e. The zero-order chi connectivity index (χ0) is 11.9. The Morgan fingerprint density at radius 3 is 2.69 bits per heavy atom. The summed E-state index contributed by atoms with van der Waals surface area (Å²) in [7, 11) is 0. The number of hydrogen-bond donors (Lipinski definition) is 3. The number of fused-ring (bicyclic) bond motifs is 1. The summed E-state index contributed by atoms with van der Waals surface area (Å²) in [5.74, 6) is 0.339. The predicted octanol–water partition coefficient (Wildman–Crippen LogP) is 2.21. The van der Waals surface area contributed by atoms with Crippen LogP contribution in [0.3, 0.4) is 0 Å². The van der Waals surface area contributed by atoms with Crippen LogP contribution in [0.5, 0.6) is 5.75 Å². The lowest BCUT2D eigenvalue weighted by Gasteiger charge is -2.37. The summed E-state index contributed by atoms with van der Waals surface area (Å²) < 4.78 is 0. The fourth-order valence-electron chi connectivity index (χ4n) is 2.46. The van der Waals surface area contributed by atoms with Crippen molar-refractivity contribution < 1.29 is 5.11 Å². The number of hydrogen-bond acceptors (Lipinski definition) is 3. The molecular formula is C13H20N2O. The lowest BCUT2D eigenvalue weighted by Crippen LogP contribution is -2.37. The Morgan fingerprint density at radius 1 is 1.38 bits per heavy atom. The van der Waals surface area contributed by atoms with Crippen molar-refractivity contribution in [3.63, 3.8) is 0 Å². The van der Waals surface area contributed by atoms with E-state index in [0.29, 0.717) is 11.4 Å². The quantitative estimate of drug-likeness (QED) is 0.587. The number of nitrogen functional groups attached to an aromatic ring is 1. The SMILES string of the molecule is CC(C)(C)C1NCCc2c(O)cc(N)cc21. The molecule has 0 bridgehead atoms. The summed E-state index contributed by atoms with van der Waals surface area (Å²) >= 11 is 0. The van der Waals surface area contributed by atoms with Gasteiger partial charge in [-0.15, -0.1) is 0 Å². The van der Waals surface area contributed by atoms with Gasteiger partial charge in [-0.25, -0.2) is 0 Å². The first kappa shape index (κ1) is 11.3. The lowest BCUT2D eigenvalue weighted by atomic mass is 9.78. The molecule has 0 spiro atoms. The first-order valence-corrected chi connectivity index (χ1v) is 5.74. The van der Waals surface area contributed by atoms with E-state index in [1.54, 1.807) is 6.07 Å². The molecule has 1 heterocycles. The second kappa shape index (κ2) is 3.67. The van der Waals surface area contributed by atoms with Crippen LogP contribution in [0.15, 0.2) is 12.1 Å². The number of phenols is 1. The third kappa shape index (κ3) is 1.87. The molecule has 0 saturated carbocycles. The van der Waals surface area contributed by atoms with Crippen molar-refractivity contribution in [2.75, 3.05) is 12.3 Å². The molecule has 2 rings (SSSR count). The Kier molecular flexibility index (Phi) is 2.58. The largest absolute Gasteiger partial charge is 0.508 e. The summed E-state index contributed by atoms with van der Waals surface area (Å²) in [6, 6.07) is 3.88. The molecule has 88 valence electrons. The van der Waals surface area contributed by atoms with Gasteiger partial charge >= 0.3 is 0 Å². The van der Waals surface area contributed by atoms with Crippen molar-refractivity contribution in [3.05, 3.63) is 23.3 Å². The third-order valence-corrected chi connectivity index (χ3v) is 3.18. The van der Waals surface area contributed by atoms with Crippen LogP contribution in [0.4, 0.5) is 5.69 Å². The molecule has 1 aromatic rings. The second-order valence-corrected chi connectivity index (χ2v) is 5.61. The van der Waals surface area contributed by atoms with Gasteiger partial charge in [-0.1, -0.05) is 20.8 Å². The van der Waals surface area contributed by atoms with E-state index in [-0.39, 0.29) is 11.5 Å². The van der Waals surface area contributed by atoms with E-state index < -0.39 is 0 Å². The molecule has 1 unspecified atom stereocenters. The van der Waals surface area contributed by atoms with Gasteiger partial charge in [-0.3, -0.25) is 0 Å². The van der Waals surface area contributed by atoms with Crippen LogP contribution >= 0.6 is 0 Å². The number of phenolic OH excluding ortho intramolecular Hbond substituents is 1. The van der Waals surface area contributed by atoms with Crippen LogP contribution in [0.2, 0.25) is 0 Å². The Hall–Kier alpha value is -1.22. The van der Waals surface area contributed by atoms with Crippen molar-refractivity contribution in [1.82, 2.24) is 5.32 Å². The molecule has 0 amide bonds. The summed E-state index contributed by atoms with van der Waals surface area (Å²) in [4.78, 5) is 0. The average Bonchev–Trinajstić information content (AvgIpc) is 2.15. The van der Waals surface area contributed by atoms with Crippen LogP contribution in [0.1, 0.15) is 37.9 Å². The van der Waals surface area contributed by atoms with Crippen molar-refractivity contribution in [2.45, 2.75) is 33.2 Å². The molecule has 0 radical (unpaired) electrons. The molecule has 3 nitrogen and oxygen atoms in total. The van der Waals surface area contributed by atoms with Crippen molar-refractivity contribution in [2.24, 2.45) is 5.41 Å². The monoisotopic (exact) mass is 220 g/mol. The number of benzene rings is 1. The molecule has 3 heteroatoms. The number of nitrogens with one attached hydrogen (secondary N) is 1. The van der Waals surface area contributed by atoms with Gasteiger partial charge < -0.3 is 16.2 Å². The zero-order valence-electron chi connectivity index (χ0n) is 10.2. The van der Waals surface area contributed by atoms with Gasteiger partial charge in [0, 0.05) is 23.4 Å².